The van der Waals surface area contributed by atoms with Crippen LogP contribution >= 0.6 is 0 Å². The Balaban J connectivity index is 1.73. The van der Waals surface area contributed by atoms with Gasteiger partial charge in [-0.1, -0.05) is 0 Å². The number of sulfonamides is 1. The molecule has 2 atom stereocenters. The van der Waals surface area contributed by atoms with E-state index in [1.54, 1.807) is 16.4 Å². The summed E-state index contributed by atoms with van der Waals surface area (Å²) >= 11 is 0. The number of hydrogen-bond donors (Lipinski definition) is 1. The van der Waals surface area contributed by atoms with Gasteiger partial charge in [0, 0.05) is 44.7 Å². The molecular weight excluding hydrogens is 378 g/mol. The second-order valence-electron chi connectivity index (χ2n) is 8.05. The average molecular weight is 408 g/mol. The van der Waals surface area contributed by atoms with E-state index in [9.17, 15) is 18.0 Å². The van der Waals surface area contributed by atoms with Gasteiger partial charge >= 0.3 is 0 Å². The Hall–Kier alpha value is -1.93. The van der Waals surface area contributed by atoms with E-state index >= 15 is 0 Å². The lowest BCUT2D eigenvalue weighted by molar-refractivity contribution is -0.133. The number of amides is 2. The summed E-state index contributed by atoms with van der Waals surface area (Å²) in [5.74, 6) is 0.447. The van der Waals surface area contributed by atoms with E-state index < -0.39 is 10.0 Å². The molecule has 2 aliphatic heterocycles. The van der Waals surface area contributed by atoms with Crippen molar-refractivity contribution < 1.29 is 18.0 Å². The number of benzene rings is 1. The largest absolute Gasteiger partial charge is 0.340 e. The van der Waals surface area contributed by atoms with E-state index in [0.717, 1.165) is 6.42 Å². The predicted octanol–water partition coefficient (Wildman–Crippen LogP) is 2.30. The van der Waals surface area contributed by atoms with Crippen LogP contribution in [0.5, 0.6) is 0 Å². The molecule has 0 saturated carbocycles. The Labute approximate surface area is 167 Å². The van der Waals surface area contributed by atoms with E-state index in [1.807, 2.05) is 18.7 Å². The van der Waals surface area contributed by atoms with Crippen LogP contribution in [-0.2, 0) is 19.6 Å². The average Bonchev–Trinajstić information content (AvgIpc) is 2.79. The van der Waals surface area contributed by atoms with Crippen LogP contribution in [0, 0.1) is 11.8 Å². The molecule has 2 aliphatic rings. The highest BCUT2D eigenvalue weighted by molar-refractivity contribution is 7.89. The van der Waals surface area contributed by atoms with Gasteiger partial charge in [-0.05, 0) is 62.8 Å². The van der Waals surface area contributed by atoms with Crippen molar-refractivity contribution in [1.29, 1.82) is 0 Å². The molecule has 0 radical (unpaired) electrons. The number of carbonyl (C=O) groups excluding carboxylic acids is 2. The first kappa shape index (κ1) is 20.8. The van der Waals surface area contributed by atoms with Gasteiger partial charge in [-0.2, -0.15) is 4.31 Å². The Morgan fingerprint density at radius 3 is 2.36 bits per heavy atom. The summed E-state index contributed by atoms with van der Waals surface area (Å²) in [7, 11) is -3.59. The molecule has 0 aliphatic carbocycles. The molecule has 0 spiro atoms. The highest BCUT2D eigenvalue weighted by Crippen LogP contribution is 2.35. The van der Waals surface area contributed by atoms with Crippen LogP contribution in [-0.4, -0.2) is 55.1 Å². The molecule has 154 valence electrons. The second kappa shape index (κ2) is 8.21. The van der Waals surface area contributed by atoms with Gasteiger partial charge < -0.3 is 10.2 Å². The molecule has 8 heteroatoms. The maximum atomic E-state index is 13.1. The van der Waals surface area contributed by atoms with Gasteiger partial charge in [-0.25, -0.2) is 8.42 Å². The Bertz CT molecular complexity index is 836. The third-order valence-electron chi connectivity index (χ3n) is 5.79. The fraction of sp³-hybridized carbons (Fsp3) is 0.600. The van der Waals surface area contributed by atoms with Gasteiger partial charge in [0.25, 0.3) is 0 Å². The van der Waals surface area contributed by atoms with Gasteiger partial charge in [-0.15, -0.1) is 0 Å². The van der Waals surface area contributed by atoms with Crippen LogP contribution in [0.2, 0.25) is 0 Å². The number of fused-ring (bicyclic) bond motifs is 1. The SMILES string of the molecule is CC(=O)Nc1ccc(S(=O)(=O)N2CC[C@H]3CC(=O)N(C(C)C)CC[C@H]3C2)cc1. The molecule has 2 fully saturated rings. The standard InChI is InChI=1S/C20H29N3O4S/c1-14(2)23-11-9-17-13-22(10-8-16(17)12-20(23)25)28(26,27)19-6-4-18(5-7-19)21-15(3)24/h4-7,14,16-17H,8-13H2,1-3H3,(H,21,24)/t16-,17-/m0/s1. The van der Waals surface area contributed by atoms with Crippen LogP contribution in [0.4, 0.5) is 5.69 Å². The molecule has 2 amide bonds. The van der Waals surface area contributed by atoms with Crippen molar-refractivity contribution in [3.63, 3.8) is 0 Å². The highest BCUT2D eigenvalue weighted by atomic mass is 32.2. The maximum absolute atomic E-state index is 13.1. The molecule has 2 saturated heterocycles. The van der Waals surface area contributed by atoms with Crippen molar-refractivity contribution in [2.24, 2.45) is 11.8 Å². The number of hydrogen-bond acceptors (Lipinski definition) is 4. The molecule has 7 nitrogen and oxygen atoms in total. The summed E-state index contributed by atoms with van der Waals surface area (Å²) in [4.78, 5) is 25.8. The smallest absolute Gasteiger partial charge is 0.243 e. The fourth-order valence-electron chi connectivity index (χ4n) is 4.24. The number of likely N-dealkylation sites (tertiary alicyclic amines) is 1. The van der Waals surface area contributed by atoms with Crippen molar-refractivity contribution in [3.8, 4) is 0 Å². The summed E-state index contributed by atoms with van der Waals surface area (Å²) < 4.78 is 27.7. The molecule has 0 unspecified atom stereocenters. The Morgan fingerprint density at radius 2 is 1.75 bits per heavy atom. The lowest BCUT2D eigenvalue weighted by Gasteiger charge is -2.36. The van der Waals surface area contributed by atoms with E-state index in [-0.39, 0.29) is 34.6 Å². The third-order valence-corrected chi connectivity index (χ3v) is 7.67. The number of piperidine rings is 1. The summed E-state index contributed by atoms with van der Waals surface area (Å²) in [6.45, 7) is 7.04. The van der Waals surface area contributed by atoms with Crippen LogP contribution < -0.4 is 5.32 Å². The number of anilines is 1. The Kier molecular flexibility index (Phi) is 6.09. The van der Waals surface area contributed by atoms with Crippen molar-refractivity contribution in [3.05, 3.63) is 24.3 Å². The molecule has 28 heavy (non-hydrogen) atoms. The van der Waals surface area contributed by atoms with Crippen molar-refractivity contribution >= 4 is 27.5 Å². The number of nitrogens with one attached hydrogen (secondary N) is 1. The maximum Gasteiger partial charge on any atom is 0.243 e. The molecule has 0 aromatic heterocycles. The van der Waals surface area contributed by atoms with Crippen molar-refractivity contribution in [2.75, 3.05) is 25.0 Å². The molecule has 1 aromatic carbocycles. The van der Waals surface area contributed by atoms with Crippen LogP contribution in [0.25, 0.3) is 0 Å². The zero-order valence-corrected chi connectivity index (χ0v) is 17.5. The van der Waals surface area contributed by atoms with Gasteiger partial charge in [0.15, 0.2) is 0 Å². The number of nitrogens with zero attached hydrogens (tertiary/aromatic N) is 2. The molecule has 2 heterocycles. The minimum atomic E-state index is -3.59. The topological polar surface area (TPSA) is 86.8 Å². The van der Waals surface area contributed by atoms with E-state index in [4.69, 9.17) is 0 Å². The Morgan fingerprint density at radius 1 is 1.11 bits per heavy atom. The highest BCUT2D eigenvalue weighted by Gasteiger charge is 2.39. The first-order valence-corrected chi connectivity index (χ1v) is 11.3. The van der Waals surface area contributed by atoms with Gasteiger partial charge in [0.05, 0.1) is 4.90 Å². The molecule has 1 N–H and O–H groups in total. The predicted molar refractivity (Wildman–Crippen MR) is 107 cm³/mol. The minimum absolute atomic E-state index is 0.176. The van der Waals surface area contributed by atoms with Crippen LogP contribution in [0.15, 0.2) is 29.2 Å². The van der Waals surface area contributed by atoms with E-state index in [2.05, 4.69) is 5.32 Å². The minimum Gasteiger partial charge on any atom is -0.340 e. The molecule has 1 aromatic rings. The first-order valence-electron chi connectivity index (χ1n) is 9.85. The third kappa shape index (κ3) is 4.38. The molecule has 0 bridgehead atoms. The quantitative estimate of drug-likeness (QED) is 0.830. The van der Waals surface area contributed by atoms with Gasteiger partial charge in [-0.3, -0.25) is 9.59 Å². The molecular formula is C20H29N3O4S. The lowest BCUT2D eigenvalue weighted by atomic mass is 9.83. The van der Waals surface area contributed by atoms with Gasteiger partial charge in [0.1, 0.15) is 0 Å². The summed E-state index contributed by atoms with van der Waals surface area (Å²) in [6.07, 6.45) is 2.07. The van der Waals surface area contributed by atoms with E-state index in [0.29, 0.717) is 38.2 Å². The zero-order valence-electron chi connectivity index (χ0n) is 16.7. The zero-order chi connectivity index (χ0) is 20.5. The number of carbonyl (C=O) groups is 2. The monoisotopic (exact) mass is 407 g/mol. The normalized spacial score (nSPS) is 24.0. The fourth-order valence-corrected chi connectivity index (χ4v) is 5.75. The number of rotatable bonds is 4. The van der Waals surface area contributed by atoms with Crippen LogP contribution in [0.3, 0.4) is 0 Å². The second-order valence-corrected chi connectivity index (χ2v) is 9.99. The summed E-state index contributed by atoms with van der Waals surface area (Å²) in [5, 5.41) is 2.64. The summed E-state index contributed by atoms with van der Waals surface area (Å²) in [6, 6.07) is 6.44. The van der Waals surface area contributed by atoms with Crippen molar-refractivity contribution in [2.45, 2.75) is 51.0 Å². The van der Waals surface area contributed by atoms with E-state index in [1.165, 1.54) is 19.1 Å². The molecule has 3 rings (SSSR count). The van der Waals surface area contributed by atoms with Crippen LogP contribution in [0.1, 0.15) is 40.0 Å². The lowest BCUT2D eigenvalue weighted by Crippen LogP contribution is -2.43. The van der Waals surface area contributed by atoms with Crippen molar-refractivity contribution in [1.82, 2.24) is 9.21 Å². The summed E-state index contributed by atoms with van der Waals surface area (Å²) in [5.41, 5.74) is 0.571. The first-order chi connectivity index (χ1) is 13.2. The van der Waals surface area contributed by atoms with Gasteiger partial charge in [0.2, 0.25) is 21.8 Å².